The van der Waals surface area contributed by atoms with E-state index in [2.05, 4.69) is 26.3 Å². The van der Waals surface area contributed by atoms with Crippen molar-refractivity contribution < 1.29 is 13.9 Å². The number of amides is 1. The zero-order valence-electron chi connectivity index (χ0n) is 24.1. The molecule has 4 heterocycles. The molecule has 4 aromatic rings. The second-order valence-electron chi connectivity index (χ2n) is 11.6. The maximum atomic E-state index is 16.6. The highest BCUT2D eigenvalue weighted by molar-refractivity contribution is 6.36. The first-order chi connectivity index (χ1) is 21.5. The summed E-state index contributed by atoms with van der Waals surface area (Å²) < 4.78 is 22.8. The highest BCUT2D eigenvalue weighted by Crippen LogP contribution is 2.38. The number of carbonyl (C=O) groups is 1. The van der Waals surface area contributed by atoms with Crippen molar-refractivity contribution in [3.8, 4) is 17.3 Å². The average molecular weight is 612 g/mol. The molecule has 1 saturated carbocycles. The number of rotatable bonds is 8. The minimum atomic E-state index is -0.593. The lowest BCUT2D eigenvalue weighted by Crippen LogP contribution is -2.56. The van der Waals surface area contributed by atoms with Gasteiger partial charge in [-0.05, 0) is 36.8 Å². The minimum Gasteiger partial charge on any atom is -0.462 e. The van der Waals surface area contributed by atoms with E-state index in [1.807, 2.05) is 29.2 Å². The van der Waals surface area contributed by atoms with Gasteiger partial charge in [-0.1, -0.05) is 48.5 Å². The number of piperazine rings is 1. The number of carbonyl (C=O) groups excluding carboxylic acids is 1. The van der Waals surface area contributed by atoms with E-state index in [1.54, 1.807) is 23.2 Å². The predicted octanol–water partition coefficient (Wildman–Crippen LogP) is 5.38. The third kappa shape index (κ3) is 5.10. The molecule has 2 aromatic carbocycles. The van der Waals surface area contributed by atoms with Gasteiger partial charge in [0, 0.05) is 60.4 Å². The molecule has 0 bridgehead atoms. The fourth-order valence-corrected chi connectivity index (χ4v) is 6.71. The summed E-state index contributed by atoms with van der Waals surface area (Å²) in [6, 6.07) is 11.8. The lowest BCUT2D eigenvalue weighted by atomic mass is 10.0. The second-order valence-corrected chi connectivity index (χ2v) is 12.0. The van der Waals surface area contributed by atoms with Crippen molar-refractivity contribution in [1.29, 1.82) is 0 Å². The molecule has 2 aromatic heterocycles. The first-order valence-corrected chi connectivity index (χ1v) is 15.3. The average Bonchev–Trinajstić information content (AvgIpc) is 3.85. The Balaban J connectivity index is 1.31. The van der Waals surface area contributed by atoms with Gasteiger partial charge in [-0.25, -0.2) is 11.0 Å². The van der Waals surface area contributed by atoms with E-state index < -0.39 is 5.82 Å². The minimum absolute atomic E-state index is 0.0912. The summed E-state index contributed by atoms with van der Waals surface area (Å²) >= 11 is 6.59. The monoisotopic (exact) mass is 611 g/mol. The van der Waals surface area contributed by atoms with Gasteiger partial charge in [-0.3, -0.25) is 14.7 Å². The molecule has 3 fully saturated rings. The van der Waals surface area contributed by atoms with Crippen LogP contribution in [0.3, 0.4) is 0 Å². The highest BCUT2D eigenvalue weighted by Gasteiger charge is 2.40. The number of likely N-dealkylation sites (tertiary alicyclic amines) is 1. The highest BCUT2D eigenvalue weighted by atomic mass is 35.5. The van der Waals surface area contributed by atoms with Gasteiger partial charge in [-0.15, -0.1) is 0 Å². The van der Waals surface area contributed by atoms with E-state index in [1.165, 1.54) is 18.9 Å². The maximum absolute atomic E-state index is 16.6. The van der Waals surface area contributed by atoms with Crippen LogP contribution >= 0.6 is 11.6 Å². The van der Waals surface area contributed by atoms with E-state index in [0.717, 1.165) is 18.4 Å². The van der Waals surface area contributed by atoms with Gasteiger partial charge in [-0.2, -0.15) is 9.97 Å². The summed E-state index contributed by atoms with van der Waals surface area (Å²) in [4.78, 5) is 36.1. The van der Waals surface area contributed by atoms with Crippen molar-refractivity contribution in [2.24, 2.45) is 0 Å². The standard InChI is InChI=1S/C33H31ClFN7O2/c1-3-27(43)42-15-14-40(18-23(42)16-36-2)32-25-17-37-30(24-8-4-6-20-7-5-9-26(34)28(20)24)29(35)31(25)38-33(39-32)44-19-22-12-13-41(22)21-10-11-21/h3-9,17,21-23H,1,10-16,18-19H2/t22?,23-/m0/s1. The number of nitrogens with zero attached hydrogens (tertiary/aromatic N) is 7. The first kappa shape index (κ1) is 28.4. The number of anilines is 1. The molecule has 2 aliphatic heterocycles. The number of ether oxygens (including phenoxy) is 1. The summed E-state index contributed by atoms with van der Waals surface area (Å²) in [5.74, 6) is -0.348. The van der Waals surface area contributed by atoms with Crippen LogP contribution in [0.5, 0.6) is 6.01 Å². The number of benzene rings is 2. The number of pyridine rings is 1. The molecular formula is C33H31ClFN7O2. The van der Waals surface area contributed by atoms with Crippen molar-refractivity contribution in [1.82, 2.24) is 24.8 Å². The van der Waals surface area contributed by atoms with Gasteiger partial charge in [0.2, 0.25) is 12.5 Å². The summed E-state index contributed by atoms with van der Waals surface area (Å²) in [6.07, 6.45) is 6.34. The zero-order valence-corrected chi connectivity index (χ0v) is 24.9. The van der Waals surface area contributed by atoms with E-state index in [-0.39, 0.29) is 41.8 Å². The van der Waals surface area contributed by atoms with Crippen molar-refractivity contribution in [3.63, 3.8) is 0 Å². The van der Waals surface area contributed by atoms with E-state index in [9.17, 15) is 4.79 Å². The summed E-state index contributed by atoms with van der Waals surface area (Å²) in [5, 5.41) is 2.52. The molecule has 11 heteroatoms. The maximum Gasteiger partial charge on any atom is 0.319 e. The zero-order chi connectivity index (χ0) is 30.4. The quantitative estimate of drug-likeness (QED) is 0.196. The molecular weight excluding hydrogens is 581 g/mol. The Morgan fingerprint density at radius 3 is 2.68 bits per heavy atom. The largest absolute Gasteiger partial charge is 0.462 e. The molecule has 9 nitrogen and oxygen atoms in total. The molecule has 3 aliphatic rings. The molecule has 0 radical (unpaired) electrons. The molecule has 1 aliphatic carbocycles. The smallest absolute Gasteiger partial charge is 0.319 e. The van der Waals surface area contributed by atoms with E-state index in [4.69, 9.17) is 27.9 Å². The van der Waals surface area contributed by atoms with Gasteiger partial charge in [0.25, 0.3) is 0 Å². The Kier molecular flexibility index (Phi) is 7.52. The third-order valence-corrected chi connectivity index (χ3v) is 9.22. The number of hydrogen-bond donors (Lipinski definition) is 0. The van der Waals surface area contributed by atoms with Crippen LogP contribution in [0.25, 0.3) is 37.8 Å². The molecule has 224 valence electrons. The number of halogens is 2. The molecule has 7 rings (SSSR count). The lowest BCUT2D eigenvalue weighted by molar-refractivity contribution is -0.128. The van der Waals surface area contributed by atoms with Crippen LogP contribution in [0.15, 0.2) is 55.3 Å². The topological polar surface area (TPSA) is 79.1 Å². The predicted molar refractivity (Wildman–Crippen MR) is 168 cm³/mol. The number of aromatic nitrogens is 3. The lowest BCUT2D eigenvalue weighted by Gasteiger charge is -2.41. The van der Waals surface area contributed by atoms with Crippen molar-refractivity contribution in [2.75, 3.05) is 44.2 Å². The van der Waals surface area contributed by atoms with Crippen molar-refractivity contribution >= 4 is 45.0 Å². The third-order valence-electron chi connectivity index (χ3n) is 8.90. The number of hydrogen-bond acceptors (Lipinski definition) is 7. The van der Waals surface area contributed by atoms with Gasteiger partial charge >= 0.3 is 6.01 Å². The first-order valence-electron chi connectivity index (χ1n) is 14.9. The van der Waals surface area contributed by atoms with Crippen LogP contribution in [-0.2, 0) is 4.79 Å². The van der Waals surface area contributed by atoms with Crippen LogP contribution in [0.4, 0.5) is 10.2 Å². The van der Waals surface area contributed by atoms with E-state index >= 15 is 4.39 Å². The summed E-state index contributed by atoms with van der Waals surface area (Å²) in [5.41, 5.74) is 0.800. The fourth-order valence-electron chi connectivity index (χ4n) is 6.42. The van der Waals surface area contributed by atoms with Crippen LogP contribution in [-0.4, -0.2) is 88.1 Å². The molecule has 2 atom stereocenters. The Labute approximate surface area is 259 Å². The fraction of sp³-hybridized carbons (Fsp3) is 0.364. The molecule has 44 heavy (non-hydrogen) atoms. The SMILES string of the molecule is [C-]#[N+]C[C@H]1CN(c2nc(OCC3CCN3C3CC3)nc3c(F)c(-c4cccc5cccc(Cl)c45)ncc23)CCN1C(=O)C=C. The van der Waals surface area contributed by atoms with Crippen molar-refractivity contribution in [3.05, 3.63) is 77.5 Å². The van der Waals surface area contributed by atoms with Gasteiger partial charge < -0.3 is 19.4 Å². The normalized spacial score (nSPS) is 20.4. The molecule has 0 spiro atoms. The van der Waals surface area contributed by atoms with Gasteiger partial charge in [0.05, 0.1) is 5.39 Å². The molecule has 2 saturated heterocycles. The molecule has 1 unspecified atom stereocenters. The Morgan fingerprint density at radius 1 is 1.14 bits per heavy atom. The van der Waals surface area contributed by atoms with E-state index in [0.29, 0.717) is 59.5 Å². The van der Waals surface area contributed by atoms with Crippen LogP contribution in [0.1, 0.15) is 19.3 Å². The Bertz CT molecular complexity index is 1820. The second kappa shape index (κ2) is 11.6. The van der Waals surface area contributed by atoms with Crippen LogP contribution in [0, 0.1) is 12.4 Å². The van der Waals surface area contributed by atoms with Crippen molar-refractivity contribution in [2.45, 2.75) is 37.4 Å². The summed E-state index contributed by atoms with van der Waals surface area (Å²) in [6.45, 7) is 13.8. The van der Waals surface area contributed by atoms with Crippen LogP contribution < -0.4 is 9.64 Å². The Hall–Kier alpha value is -4.33. The summed E-state index contributed by atoms with van der Waals surface area (Å²) in [7, 11) is 0. The molecule has 1 amide bonds. The number of fused-ring (bicyclic) bond motifs is 2. The molecule has 0 N–H and O–H groups in total. The van der Waals surface area contributed by atoms with Crippen LogP contribution in [0.2, 0.25) is 5.02 Å². The Morgan fingerprint density at radius 2 is 1.95 bits per heavy atom. The van der Waals surface area contributed by atoms with Gasteiger partial charge in [0.15, 0.2) is 5.82 Å². The van der Waals surface area contributed by atoms with Gasteiger partial charge in [0.1, 0.15) is 29.7 Å².